The van der Waals surface area contributed by atoms with E-state index in [0.717, 1.165) is 29.7 Å². The number of carbonyl (C=O) groups is 1. The Kier molecular flexibility index (Phi) is 3.50. The number of rotatable bonds is 2. The molecule has 1 unspecified atom stereocenters. The van der Waals surface area contributed by atoms with E-state index in [1.54, 1.807) is 0 Å². The summed E-state index contributed by atoms with van der Waals surface area (Å²) in [4.78, 5) is 13.3. The van der Waals surface area contributed by atoms with E-state index >= 15 is 0 Å². The summed E-state index contributed by atoms with van der Waals surface area (Å²) in [6.07, 6.45) is 4.01. The van der Waals surface area contributed by atoms with Crippen molar-refractivity contribution in [2.24, 2.45) is 15.6 Å². The highest BCUT2D eigenvalue weighted by Gasteiger charge is 2.52. The zero-order valence-corrected chi connectivity index (χ0v) is 15.4. The van der Waals surface area contributed by atoms with E-state index in [2.05, 4.69) is 67.5 Å². The Morgan fingerprint density at radius 1 is 1.28 bits per heavy atom. The molecule has 0 aromatic heterocycles. The average Bonchev–Trinajstić information content (AvgIpc) is 3.00. The SMILES string of the molecule is CC[C@]1(c2cccc(C)c2)C2=CN=NC2NC2=C1C(=O)CC(C)(C)C2. The molecule has 25 heavy (non-hydrogen) atoms. The Bertz CT molecular complexity index is 846. The molecule has 0 radical (unpaired) electrons. The standard InChI is InChI=1S/C21H25N3O/c1-5-21(14-8-6-7-13(2)9-14)15-12-22-24-19(15)23-16-10-20(3,4)11-17(25)18(16)21/h6-9,12,19,23H,5,10-11H2,1-4H3/t19?,21-/m0/s1. The van der Waals surface area contributed by atoms with Gasteiger partial charge in [-0.2, -0.15) is 10.2 Å². The molecule has 0 amide bonds. The van der Waals surface area contributed by atoms with Crippen molar-refractivity contribution >= 4 is 5.78 Å². The molecule has 2 aliphatic heterocycles. The first kappa shape index (κ1) is 16.2. The van der Waals surface area contributed by atoms with Crippen molar-refractivity contribution in [3.63, 3.8) is 0 Å². The maximum Gasteiger partial charge on any atom is 0.164 e. The molecule has 4 nitrogen and oxygen atoms in total. The number of ketones is 1. The first-order valence-corrected chi connectivity index (χ1v) is 9.08. The van der Waals surface area contributed by atoms with Gasteiger partial charge < -0.3 is 5.32 Å². The number of nitrogens with one attached hydrogen (secondary N) is 1. The number of aryl methyl sites for hydroxylation is 1. The highest BCUT2D eigenvalue weighted by Crippen LogP contribution is 2.53. The largest absolute Gasteiger partial charge is 0.362 e. The Morgan fingerprint density at radius 2 is 2.08 bits per heavy atom. The van der Waals surface area contributed by atoms with Crippen LogP contribution < -0.4 is 5.32 Å². The van der Waals surface area contributed by atoms with E-state index in [1.807, 2.05) is 6.20 Å². The van der Waals surface area contributed by atoms with Crippen LogP contribution in [0.5, 0.6) is 0 Å². The first-order chi connectivity index (χ1) is 11.9. The summed E-state index contributed by atoms with van der Waals surface area (Å²) in [6.45, 7) is 8.60. The van der Waals surface area contributed by atoms with Crippen LogP contribution in [0.2, 0.25) is 0 Å². The number of hydrogen-bond donors (Lipinski definition) is 1. The number of allylic oxidation sites excluding steroid dienone is 2. The van der Waals surface area contributed by atoms with Gasteiger partial charge in [0.2, 0.25) is 0 Å². The zero-order chi connectivity index (χ0) is 17.8. The minimum atomic E-state index is -0.422. The monoisotopic (exact) mass is 335 g/mol. The number of fused-ring (bicyclic) bond motifs is 1. The van der Waals surface area contributed by atoms with Gasteiger partial charge in [-0.3, -0.25) is 4.79 Å². The van der Waals surface area contributed by atoms with Crippen LogP contribution in [-0.4, -0.2) is 11.9 Å². The van der Waals surface area contributed by atoms with Gasteiger partial charge in [-0.15, -0.1) is 0 Å². The van der Waals surface area contributed by atoms with Crippen molar-refractivity contribution in [3.8, 4) is 0 Å². The summed E-state index contributed by atoms with van der Waals surface area (Å²) in [6, 6.07) is 8.54. The molecule has 2 atom stereocenters. The molecule has 1 N–H and O–H groups in total. The van der Waals surface area contributed by atoms with Gasteiger partial charge in [-0.1, -0.05) is 50.6 Å². The molecule has 2 heterocycles. The van der Waals surface area contributed by atoms with Gasteiger partial charge in [-0.05, 0) is 30.7 Å². The molecule has 0 bridgehead atoms. The maximum atomic E-state index is 13.3. The lowest BCUT2D eigenvalue weighted by Gasteiger charge is -2.47. The van der Waals surface area contributed by atoms with Gasteiger partial charge in [0.15, 0.2) is 11.9 Å². The summed E-state index contributed by atoms with van der Waals surface area (Å²) < 4.78 is 0. The van der Waals surface area contributed by atoms with Crippen LogP contribution in [0, 0.1) is 12.3 Å². The predicted molar refractivity (Wildman–Crippen MR) is 98.1 cm³/mol. The number of azo groups is 1. The van der Waals surface area contributed by atoms with E-state index in [4.69, 9.17) is 0 Å². The second-order valence-corrected chi connectivity index (χ2v) is 8.29. The molecule has 4 rings (SSSR count). The molecule has 0 spiro atoms. The van der Waals surface area contributed by atoms with Crippen LogP contribution in [0.1, 0.15) is 51.2 Å². The molecule has 3 aliphatic rings. The number of nitrogens with zero attached hydrogens (tertiary/aromatic N) is 2. The molecule has 0 saturated heterocycles. The molecule has 4 heteroatoms. The van der Waals surface area contributed by atoms with Crippen molar-refractivity contribution in [1.29, 1.82) is 0 Å². The molecule has 130 valence electrons. The van der Waals surface area contributed by atoms with Crippen LogP contribution in [0.3, 0.4) is 0 Å². The normalized spacial score (nSPS) is 29.8. The van der Waals surface area contributed by atoms with Crippen LogP contribution in [0.4, 0.5) is 0 Å². The topological polar surface area (TPSA) is 53.8 Å². The van der Waals surface area contributed by atoms with Crippen molar-refractivity contribution in [2.45, 2.75) is 58.5 Å². The van der Waals surface area contributed by atoms with Gasteiger partial charge in [0.05, 0.1) is 11.6 Å². The Morgan fingerprint density at radius 3 is 2.80 bits per heavy atom. The fourth-order valence-electron chi connectivity index (χ4n) is 4.80. The maximum absolute atomic E-state index is 13.3. The molecule has 1 aromatic rings. The van der Waals surface area contributed by atoms with E-state index in [0.29, 0.717) is 6.42 Å². The molecular weight excluding hydrogens is 310 g/mol. The summed E-state index contributed by atoms with van der Waals surface area (Å²) in [5, 5.41) is 12.1. The third kappa shape index (κ3) is 2.30. The summed E-state index contributed by atoms with van der Waals surface area (Å²) in [5.41, 5.74) is 5.05. The van der Waals surface area contributed by atoms with Crippen molar-refractivity contribution in [2.75, 3.05) is 0 Å². The van der Waals surface area contributed by atoms with Gasteiger partial charge in [0.25, 0.3) is 0 Å². The molecule has 1 aliphatic carbocycles. The van der Waals surface area contributed by atoms with E-state index in [-0.39, 0.29) is 17.4 Å². The lowest BCUT2D eigenvalue weighted by atomic mass is 9.59. The van der Waals surface area contributed by atoms with Crippen LogP contribution in [0.15, 0.2) is 57.5 Å². The lowest BCUT2D eigenvalue weighted by Crippen LogP contribution is -2.51. The predicted octanol–water partition coefficient (Wildman–Crippen LogP) is 4.57. The quantitative estimate of drug-likeness (QED) is 0.861. The minimum Gasteiger partial charge on any atom is -0.362 e. The third-order valence-corrected chi connectivity index (χ3v) is 5.82. The second-order valence-electron chi connectivity index (χ2n) is 8.29. The van der Waals surface area contributed by atoms with Crippen LogP contribution in [0.25, 0.3) is 0 Å². The summed E-state index contributed by atoms with van der Waals surface area (Å²) in [5.74, 6) is 0.258. The fourth-order valence-corrected chi connectivity index (χ4v) is 4.80. The molecule has 0 saturated carbocycles. The summed E-state index contributed by atoms with van der Waals surface area (Å²) >= 11 is 0. The molecule has 0 fully saturated rings. The van der Waals surface area contributed by atoms with Crippen LogP contribution >= 0.6 is 0 Å². The van der Waals surface area contributed by atoms with E-state index in [9.17, 15) is 4.79 Å². The van der Waals surface area contributed by atoms with Crippen molar-refractivity contribution < 1.29 is 4.79 Å². The van der Waals surface area contributed by atoms with Crippen molar-refractivity contribution in [3.05, 3.63) is 58.4 Å². The highest BCUT2D eigenvalue weighted by molar-refractivity contribution is 6.01. The van der Waals surface area contributed by atoms with Gasteiger partial charge in [0, 0.05) is 23.3 Å². The Balaban J connectivity index is 2.00. The molecule has 1 aromatic carbocycles. The van der Waals surface area contributed by atoms with E-state index in [1.165, 1.54) is 11.1 Å². The van der Waals surface area contributed by atoms with Crippen LogP contribution in [-0.2, 0) is 10.2 Å². The minimum absolute atomic E-state index is 0.0219. The first-order valence-electron chi connectivity index (χ1n) is 9.08. The second kappa shape index (κ2) is 5.38. The number of Topliss-reactive ketones (excluding diaryl/α,β-unsaturated/α-hetero) is 1. The Labute approximate surface area is 149 Å². The average molecular weight is 335 g/mol. The van der Waals surface area contributed by atoms with Gasteiger partial charge in [-0.25, -0.2) is 0 Å². The zero-order valence-electron chi connectivity index (χ0n) is 15.4. The number of hydrogen-bond acceptors (Lipinski definition) is 4. The van der Waals surface area contributed by atoms with Gasteiger partial charge >= 0.3 is 0 Å². The van der Waals surface area contributed by atoms with E-state index < -0.39 is 5.41 Å². The van der Waals surface area contributed by atoms with Crippen molar-refractivity contribution in [1.82, 2.24) is 5.32 Å². The molecular formula is C21H25N3O. The lowest BCUT2D eigenvalue weighted by molar-refractivity contribution is -0.119. The number of benzene rings is 1. The summed E-state index contributed by atoms with van der Waals surface area (Å²) in [7, 11) is 0. The fraction of sp³-hybridized carbons (Fsp3) is 0.476. The smallest absolute Gasteiger partial charge is 0.164 e. The third-order valence-electron chi connectivity index (χ3n) is 5.82. The Hall–Kier alpha value is -2.23. The highest BCUT2D eigenvalue weighted by atomic mass is 16.1. The number of carbonyl (C=O) groups excluding carboxylic acids is 1. The van der Waals surface area contributed by atoms with Gasteiger partial charge in [0.1, 0.15) is 0 Å².